The second-order valence-corrected chi connectivity index (χ2v) is 1.93. The molecule has 0 radical (unpaired) electrons. The Hall–Kier alpha value is -1.45. The van der Waals surface area contributed by atoms with Crippen LogP contribution in [0, 0.1) is 0 Å². The van der Waals surface area contributed by atoms with E-state index in [1.165, 1.54) is 6.26 Å². The Bertz CT molecular complexity index is 166. The van der Waals surface area contributed by atoms with Crippen LogP contribution in [0.25, 0.3) is 0 Å². The van der Waals surface area contributed by atoms with Gasteiger partial charge in [-0.05, 0) is 18.6 Å². The van der Waals surface area contributed by atoms with Crippen molar-refractivity contribution in [2.24, 2.45) is 0 Å². The molecule has 0 aliphatic heterocycles. The first-order valence-corrected chi connectivity index (χ1v) is 3.24. The minimum atomic E-state index is -0.833. The van der Waals surface area contributed by atoms with Gasteiger partial charge in [-0.3, -0.25) is 4.79 Å². The van der Waals surface area contributed by atoms with Gasteiger partial charge in [0.25, 0.3) is 5.97 Å². The predicted octanol–water partition coefficient (Wildman–Crippen LogP) is 1.70. The second-order valence-electron chi connectivity index (χ2n) is 1.93. The first-order valence-electron chi connectivity index (χ1n) is 3.24. The molecule has 0 aromatic carbocycles. The van der Waals surface area contributed by atoms with E-state index in [9.17, 15) is 0 Å². The maximum atomic E-state index is 9.00. The Labute approximate surface area is 71.8 Å². The van der Waals surface area contributed by atoms with Gasteiger partial charge in [0.2, 0.25) is 0 Å². The van der Waals surface area contributed by atoms with Gasteiger partial charge < -0.3 is 14.9 Å². The van der Waals surface area contributed by atoms with Crippen LogP contribution in [0.4, 0.5) is 0 Å². The molecule has 0 saturated heterocycles. The lowest BCUT2D eigenvalue weighted by atomic mass is 10.3. The Morgan fingerprint density at radius 1 is 1.42 bits per heavy atom. The van der Waals surface area contributed by atoms with Crippen LogP contribution in [0.15, 0.2) is 24.2 Å². The minimum Gasteiger partial charge on any atom is -0.515 e. The summed E-state index contributed by atoms with van der Waals surface area (Å²) < 4.78 is 4.58. The van der Waals surface area contributed by atoms with Gasteiger partial charge in [-0.15, -0.1) is 0 Å². The highest BCUT2D eigenvalue weighted by molar-refractivity contribution is 5.62. The van der Waals surface area contributed by atoms with Crippen molar-refractivity contribution in [3.63, 3.8) is 0 Å². The number of ether oxygens (including phenoxy) is 1. The molecule has 12 heavy (non-hydrogen) atoms. The lowest BCUT2D eigenvalue weighted by Gasteiger charge is -1.85. The summed E-state index contributed by atoms with van der Waals surface area (Å²) in [5.41, 5.74) is 0.770. The molecule has 4 nitrogen and oxygen atoms in total. The highest BCUT2D eigenvalue weighted by Gasteiger charge is 1.74. The molecule has 0 amide bonds. The van der Waals surface area contributed by atoms with Crippen LogP contribution in [0.3, 0.4) is 0 Å². The van der Waals surface area contributed by atoms with Crippen LogP contribution in [-0.2, 0) is 9.53 Å². The number of aliphatic hydroxyl groups is 1. The molecule has 70 valence electrons. The summed E-state index contributed by atoms with van der Waals surface area (Å²) in [6.45, 7) is 2.86. The van der Waals surface area contributed by atoms with Crippen molar-refractivity contribution in [2.75, 3.05) is 7.11 Å². The predicted molar refractivity (Wildman–Crippen MR) is 45.8 cm³/mol. The average molecular weight is 174 g/mol. The van der Waals surface area contributed by atoms with Crippen LogP contribution in [0.5, 0.6) is 0 Å². The number of carboxylic acids is 1. The number of aliphatic carboxylic acids is 1. The van der Waals surface area contributed by atoms with Crippen molar-refractivity contribution in [3.8, 4) is 0 Å². The van der Waals surface area contributed by atoms with E-state index in [0.29, 0.717) is 0 Å². The molecule has 0 bridgehead atoms. The van der Waals surface area contributed by atoms with Crippen molar-refractivity contribution in [3.05, 3.63) is 24.2 Å². The third-order valence-corrected chi connectivity index (χ3v) is 0.671. The maximum absolute atomic E-state index is 9.00. The molecule has 0 unspecified atom stereocenters. The number of hydrogen-bond donors (Lipinski definition) is 2. The van der Waals surface area contributed by atoms with Gasteiger partial charge >= 0.3 is 0 Å². The molecule has 0 aliphatic rings. The van der Waals surface area contributed by atoms with Gasteiger partial charge in [-0.1, -0.05) is 0 Å². The van der Waals surface area contributed by atoms with E-state index < -0.39 is 5.97 Å². The van der Waals surface area contributed by atoms with Crippen molar-refractivity contribution in [1.82, 2.24) is 0 Å². The third-order valence-electron chi connectivity index (χ3n) is 0.671. The molecular weight excluding hydrogens is 160 g/mol. The standard InChI is InChI=1S/C6H10O2.C2H4O2/c1-6(5-7)3-4-8-2;1-2(3)4/h3-5,7H,1-2H3;1H3,(H,3,4). The Balaban J connectivity index is 0. The molecule has 0 atom stereocenters. The molecule has 0 aliphatic carbocycles. The summed E-state index contributed by atoms with van der Waals surface area (Å²) in [4.78, 5) is 9.00. The highest BCUT2D eigenvalue weighted by Crippen LogP contribution is 1.90. The zero-order chi connectivity index (χ0) is 9.98. The minimum absolute atomic E-state index is 0.770. The summed E-state index contributed by atoms with van der Waals surface area (Å²) in [5.74, 6) is -0.833. The molecule has 0 aromatic rings. The van der Waals surface area contributed by atoms with Crippen molar-refractivity contribution in [2.45, 2.75) is 13.8 Å². The molecule has 0 fully saturated rings. The number of carbonyl (C=O) groups is 1. The lowest BCUT2D eigenvalue weighted by Crippen LogP contribution is -1.78. The first-order chi connectivity index (χ1) is 5.54. The Morgan fingerprint density at radius 2 is 1.83 bits per heavy atom. The fourth-order valence-corrected chi connectivity index (χ4v) is 0.218. The van der Waals surface area contributed by atoms with E-state index >= 15 is 0 Å². The quantitative estimate of drug-likeness (QED) is 0.494. The highest BCUT2D eigenvalue weighted by atomic mass is 16.5. The van der Waals surface area contributed by atoms with Crippen molar-refractivity contribution in [1.29, 1.82) is 0 Å². The SMILES string of the molecule is CC(=O)O.COC=CC(C)=CO. The van der Waals surface area contributed by atoms with Gasteiger partial charge in [0.1, 0.15) is 0 Å². The van der Waals surface area contributed by atoms with E-state index in [1.807, 2.05) is 0 Å². The Kier molecular flexibility index (Phi) is 10.5. The van der Waals surface area contributed by atoms with E-state index in [2.05, 4.69) is 4.74 Å². The third kappa shape index (κ3) is 23.5. The maximum Gasteiger partial charge on any atom is 0.300 e. The van der Waals surface area contributed by atoms with Crippen LogP contribution in [-0.4, -0.2) is 23.3 Å². The van der Waals surface area contributed by atoms with Crippen molar-refractivity contribution < 1.29 is 19.7 Å². The zero-order valence-electron chi connectivity index (χ0n) is 7.44. The lowest BCUT2D eigenvalue weighted by molar-refractivity contribution is -0.134. The van der Waals surface area contributed by atoms with Crippen LogP contribution < -0.4 is 0 Å². The fourth-order valence-electron chi connectivity index (χ4n) is 0.218. The number of aliphatic hydroxyl groups excluding tert-OH is 1. The molecule has 0 saturated carbocycles. The molecule has 2 N–H and O–H groups in total. The largest absolute Gasteiger partial charge is 0.515 e. The monoisotopic (exact) mass is 174 g/mol. The average Bonchev–Trinajstić information content (AvgIpc) is 1.99. The van der Waals surface area contributed by atoms with E-state index in [-0.39, 0.29) is 0 Å². The summed E-state index contributed by atoms with van der Waals surface area (Å²) in [6, 6.07) is 0. The number of methoxy groups -OCH3 is 1. The van der Waals surface area contributed by atoms with Crippen molar-refractivity contribution >= 4 is 5.97 Å². The van der Waals surface area contributed by atoms with E-state index in [4.69, 9.17) is 15.0 Å². The van der Waals surface area contributed by atoms with Gasteiger partial charge in [0.15, 0.2) is 0 Å². The number of hydrogen-bond acceptors (Lipinski definition) is 3. The zero-order valence-corrected chi connectivity index (χ0v) is 7.44. The summed E-state index contributed by atoms with van der Waals surface area (Å²) >= 11 is 0. The van der Waals surface area contributed by atoms with Gasteiger partial charge in [0, 0.05) is 6.92 Å². The molecular formula is C8H14O4. The first kappa shape index (κ1) is 13.2. The van der Waals surface area contributed by atoms with Gasteiger partial charge in [-0.25, -0.2) is 0 Å². The smallest absolute Gasteiger partial charge is 0.300 e. The summed E-state index contributed by atoms with van der Waals surface area (Å²) in [6.07, 6.45) is 4.19. The summed E-state index contributed by atoms with van der Waals surface area (Å²) in [7, 11) is 1.56. The van der Waals surface area contributed by atoms with Crippen LogP contribution in [0.2, 0.25) is 0 Å². The van der Waals surface area contributed by atoms with E-state index in [1.54, 1.807) is 20.1 Å². The molecule has 4 heteroatoms. The Morgan fingerprint density at radius 3 is 2.08 bits per heavy atom. The number of carboxylic acid groups (broad SMARTS) is 1. The summed E-state index contributed by atoms with van der Waals surface area (Å²) in [5, 5.41) is 15.7. The second kappa shape index (κ2) is 9.55. The normalized spacial score (nSPS) is 10.4. The number of allylic oxidation sites excluding steroid dienone is 2. The van der Waals surface area contributed by atoms with Crippen LogP contribution >= 0.6 is 0 Å². The van der Waals surface area contributed by atoms with Gasteiger partial charge in [-0.2, -0.15) is 0 Å². The molecule has 0 heterocycles. The number of rotatable bonds is 2. The molecule has 0 spiro atoms. The molecule has 0 rings (SSSR count). The molecule has 0 aromatic heterocycles. The topological polar surface area (TPSA) is 66.8 Å². The van der Waals surface area contributed by atoms with Crippen LogP contribution in [0.1, 0.15) is 13.8 Å². The van der Waals surface area contributed by atoms with Gasteiger partial charge in [0.05, 0.1) is 19.6 Å². The fraction of sp³-hybridized carbons (Fsp3) is 0.375. The van der Waals surface area contributed by atoms with E-state index in [0.717, 1.165) is 18.8 Å².